The average Bonchev–Trinajstić information content (AvgIpc) is 3.18. The Morgan fingerprint density at radius 2 is 2.11 bits per heavy atom. The van der Waals surface area contributed by atoms with Gasteiger partial charge in [-0.2, -0.15) is 0 Å². The fraction of sp³-hybridized carbons (Fsp3) is 0.211. The Hall–Kier alpha value is -3.20. The van der Waals surface area contributed by atoms with Gasteiger partial charge in [-0.1, -0.05) is 23.5 Å². The zero-order valence-corrected chi connectivity index (χ0v) is 15.3. The molecule has 9 heteroatoms. The number of benzene rings is 2. The van der Waals surface area contributed by atoms with Crippen molar-refractivity contribution in [1.29, 1.82) is 0 Å². The predicted molar refractivity (Wildman–Crippen MR) is 102 cm³/mol. The number of esters is 1. The Bertz CT molecular complexity index is 1260. The van der Waals surface area contributed by atoms with Crippen molar-refractivity contribution in [3.05, 3.63) is 58.8 Å². The van der Waals surface area contributed by atoms with E-state index in [1.807, 2.05) is 4.90 Å². The minimum Gasteiger partial charge on any atom is -0.457 e. The monoisotopic (exact) mass is 399 g/mol. The van der Waals surface area contributed by atoms with E-state index < -0.39 is 11.7 Å². The van der Waals surface area contributed by atoms with Gasteiger partial charge < -0.3 is 14.1 Å². The molecule has 2 aromatic heterocycles. The second-order valence-corrected chi connectivity index (χ2v) is 7.56. The molecule has 5 rings (SSSR count). The van der Waals surface area contributed by atoms with Crippen LogP contribution in [0.25, 0.3) is 21.3 Å². The molecule has 28 heavy (non-hydrogen) atoms. The molecule has 0 unspecified atom stereocenters. The number of oxazole rings is 1. The van der Waals surface area contributed by atoms with Gasteiger partial charge in [-0.3, -0.25) is 9.36 Å². The van der Waals surface area contributed by atoms with Crippen LogP contribution >= 0.6 is 11.3 Å². The quantitative estimate of drug-likeness (QED) is 0.491. The zero-order valence-electron chi connectivity index (χ0n) is 14.5. The molecular weight excluding hydrogens is 385 g/mol. The van der Waals surface area contributed by atoms with E-state index in [0.29, 0.717) is 24.2 Å². The van der Waals surface area contributed by atoms with E-state index in [9.17, 15) is 14.0 Å². The topological polar surface area (TPSA) is 77.6 Å². The molecular formula is C19H14FN3O4S. The van der Waals surface area contributed by atoms with Crippen LogP contribution in [-0.4, -0.2) is 34.7 Å². The second-order valence-electron chi connectivity index (χ2n) is 6.55. The number of carbonyl (C=O) groups is 1. The third-order valence-corrected chi connectivity index (χ3v) is 5.70. The molecule has 0 radical (unpaired) electrons. The lowest BCUT2D eigenvalue weighted by molar-refractivity contribution is -0.150. The second kappa shape index (κ2) is 6.45. The third kappa shape index (κ3) is 2.93. The average molecular weight is 399 g/mol. The number of anilines is 1. The van der Waals surface area contributed by atoms with Crippen LogP contribution in [0.4, 0.5) is 9.52 Å². The summed E-state index contributed by atoms with van der Waals surface area (Å²) >= 11 is 1.40. The number of hydrogen-bond acceptors (Lipinski definition) is 7. The van der Waals surface area contributed by atoms with E-state index in [1.54, 1.807) is 30.3 Å². The van der Waals surface area contributed by atoms with Crippen LogP contribution in [0.15, 0.2) is 51.7 Å². The van der Waals surface area contributed by atoms with Gasteiger partial charge in [0.1, 0.15) is 18.5 Å². The highest BCUT2D eigenvalue weighted by molar-refractivity contribution is 7.22. The lowest BCUT2D eigenvalue weighted by Gasteiger charge is -2.38. The first kappa shape index (κ1) is 16.9. The van der Waals surface area contributed by atoms with E-state index in [4.69, 9.17) is 9.15 Å². The van der Waals surface area contributed by atoms with Crippen molar-refractivity contribution in [1.82, 2.24) is 9.55 Å². The van der Waals surface area contributed by atoms with E-state index in [0.717, 1.165) is 15.3 Å². The molecule has 7 nitrogen and oxygen atoms in total. The molecule has 0 bridgehead atoms. The number of para-hydroxylation sites is 2. The normalized spacial score (nSPS) is 14.5. The lowest BCUT2D eigenvalue weighted by Crippen LogP contribution is -2.53. The van der Waals surface area contributed by atoms with Crippen LogP contribution in [0, 0.1) is 5.82 Å². The van der Waals surface area contributed by atoms with Gasteiger partial charge in [0.25, 0.3) is 0 Å². The van der Waals surface area contributed by atoms with Crippen LogP contribution in [0.1, 0.15) is 0 Å². The summed E-state index contributed by atoms with van der Waals surface area (Å²) < 4.78 is 25.9. The minimum atomic E-state index is -0.588. The standard InChI is InChI=1S/C19H14FN3O4S/c20-11-5-6-13-16(7-11)28-18(21-13)22-8-12(9-22)26-17(24)10-23-14-3-1-2-4-15(14)27-19(23)25/h1-7,12H,8-10H2. The Morgan fingerprint density at radius 1 is 1.29 bits per heavy atom. The molecule has 0 spiro atoms. The van der Waals surface area contributed by atoms with Crippen LogP contribution in [-0.2, 0) is 16.1 Å². The first-order valence-corrected chi connectivity index (χ1v) is 9.47. The Kier molecular flexibility index (Phi) is 3.90. The molecule has 4 aromatic rings. The fourth-order valence-corrected chi connectivity index (χ4v) is 4.21. The number of halogens is 1. The minimum absolute atomic E-state index is 0.202. The van der Waals surface area contributed by atoms with Crippen molar-refractivity contribution < 1.29 is 18.3 Å². The van der Waals surface area contributed by atoms with Gasteiger partial charge in [0.2, 0.25) is 0 Å². The van der Waals surface area contributed by atoms with Crippen molar-refractivity contribution in [3.63, 3.8) is 0 Å². The van der Waals surface area contributed by atoms with E-state index in [2.05, 4.69) is 4.98 Å². The van der Waals surface area contributed by atoms with Gasteiger partial charge in [-0.05, 0) is 30.3 Å². The first-order chi connectivity index (χ1) is 13.6. The lowest BCUT2D eigenvalue weighted by atomic mass is 10.2. The number of thiazole rings is 1. The maximum atomic E-state index is 13.3. The summed E-state index contributed by atoms with van der Waals surface area (Å²) in [6.45, 7) is 0.816. The molecule has 0 atom stereocenters. The summed E-state index contributed by atoms with van der Waals surface area (Å²) in [6.07, 6.45) is -0.273. The predicted octanol–water partition coefficient (Wildman–Crippen LogP) is 2.78. The van der Waals surface area contributed by atoms with Gasteiger partial charge in [-0.15, -0.1) is 0 Å². The van der Waals surface area contributed by atoms with Crippen LogP contribution < -0.4 is 10.7 Å². The highest BCUT2D eigenvalue weighted by Crippen LogP contribution is 2.32. The number of fused-ring (bicyclic) bond motifs is 2. The summed E-state index contributed by atoms with van der Waals surface area (Å²) in [6, 6.07) is 11.4. The van der Waals surface area contributed by atoms with Gasteiger partial charge in [-0.25, -0.2) is 14.2 Å². The number of hydrogen-bond donors (Lipinski definition) is 0. The number of rotatable bonds is 4. The maximum Gasteiger partial charge on any atom is 0.420 e. The SMILES string of the molecule is O=C(Cn1c(=O)oc2ccccc21)OC1CN(c2nc3ccc(F)cc3s2)C1. The molecule has 1 fully saturated rings. The summed E-state index contributed by atoms with van der Waals surface area (Å²) in [5.74, 6) is -1.38. The van der Waals surface area contributed by atoms with Gasteiger partial charge in [0.15, 0.2) is 10.7 Å². The molecule has 2 aromatic carbocycles. The molecule has 1 aliphatic rings. The fourth-order valence-electron chi connectivity index (χ4n) is 3.21. The van der Waals surface area contributed by atoms with E-state index in [1.165, 1.54) is 28.0 Å². The third-order valence-electron chi connectivity index (χ3n) is 4.62. The van der Waals surface area contributed by atoms with Crippen LogP contribution in [0.3, 0.4) is 0 Å². The zero-order chi connectivity index (χ0) is 19.3. The van der Waals surface area contributed by atoms with Gasteiger partial charge >= 0.3 is 11.7 Å². The molecule has 0 aliphatic carbocycles. The van der Waals surface area contributed by atoms with Crippen molar-refractivity contribution >= 4 is 43.8 Å². The van der Waals surface area contributed by atoms with Crippen molar-refractivity contribution in [3.8, 4) is 0 Å². The number of carbonyl (C=O) groups excluding carboxylic acids is 1. The molecule has 3 heterocycles. The molecule has 1 saturated heterocycles. The largest absolute Gasteiger partial charge is 0.457 e. The summed E-state index contributed by atoms with van der Waals surface area (Å²) in [5, 5.41) is 0.768. The maximum absolute atomic E-state index is 13.3. The Balaban J connectivity index is 1.22. The van der Waals surface area contributed by atoms with Crippen molar-refractivity contribution in [2.45, 2.75) is 12.6 Å². The highest BCUT2D eigenvalue weighted by atomic mass is 32.1. The number of ether oxygens (including phenoxy) is 1. The van der Waals surface area contributed by atoms with Crippen molar-refractivity contribution in [2.75, 3.05) is 18.0 Å². The summed E-state index contributed by atoms with van der Waals surface area (Å²) in [4.78, 5) is 30.6. The smallest absolute Gasteiger partial charge is 0.420 e. The molecule has 142 valence electrons. The summed E-state index contributed by atoms with van der Waals surface area (Å²) in [5.41, 5.74) is 1.73. The molecule has 1 aliphatic heterocycles. The molecule has 0 amide bonds. The van der Waals surface area contributed by atoms with Gasteiger partial charge in [0.05, 0.1) is 28.8 Å². The van der Waals surface area contributed by atoms with Crippen LogP contribution in [0.5, 0.6) is 0 Å². The molecule has 0 N–H and O–H groups in total. The van der Waals surface area contributed by atoms with E-state index >= 15 is 0 Å². The highest BCUT2D eigenvalue weighted by Gasteiger charge is 2.32. The van der Waals surface area contributed by atoms with E-state index in [-0.39, 0.29) is 18.5 Å². The number of nitrogens with zero attached hydrogens (tertiary/aromatic N) is 3. The summed E-state index contributed by atoms with van der Waals surface area (Å²) in [7, 11) is 0. The van der Waals surface area contributed by atoms with Crippen LogP contribution in [0.2, 0.25) is 0 Å². The van der Waals surface area contributed by atoms with Crippen molar-refractivity contribution in [2.24, 2.45) is 0 Å². The molecule has 0 saturated carbocycles. The van der Waals surface area contributed by atoms with Gasteiger partial charge in [0, 0.05) is 0 Å². The Labute approximate surface area is 161 Å². The number of aromatic nitrogens is 2. The Morgan fingerprint density at radius 3 is 2.96 bits per heavy atom. The first-order valence-electron chi connectivity index (χ1n) is 8.66.